The summed E-state index contributed by atoms with van der Waals surface area (Å²) in [4.78, 5) is 4.95. The fourth-order valence-electron chi connectivity index (χ4n) is 4.18. The smallest absolute Gasteiger partial charge is 0.144 e. The van der Waals surface area contributed by atoms with Crippen LogP contribution in [0, 0.1) is 12.8 Å². The van der Waals surface area contributed by atoms with E-state index in [1.54, 1.807) is 7.11 Å². The third kappa shape index (κ3) is 8.10. The van der Waals surface area contributed by atoms with Crippen LogP contribution >= 0.6 is 11.6 Å². The summed E-state index contributed by atoms with van der Waals surface area (Å²) in [6.07, 6.45) is 14.1. The van der Waals surface area contributed by atoms with Gasteiger partial charge in [-0.3, -0.25) is 0 Å². The highest BCUT2D eigenvalue weighted by atomic mass is 35.5. The van der Waals surface area contributed by atoms with Crippen LogP contribution in [0.2, 0.25) is 5.02 Å². The molecule has 33 heavy (non-hydrogen) atoms. The Morgan fingerprint density at radius 3 is 2.52 bits per heavy atom. The van der Waals surface area contributed by atoms with Gasteiger partial charge >= 0.3 is 0 Å². The van der Waals surface area contributed by atoms with Crippen molar-refractivity contribution in [2.24, 2.45) is 13.0 Å². The molecule has 0 aliphatic heterocycles. The number of ether oxygens (including phenoxy) is 1. The number of nitrogens with one attached hydrogen (secondary N) is 1. The van der Waals surface area contributed by atoms with Crippen LogP contribution in [-0.2, 0) is 7.05 Å². The van der Waals surface area contributed by atoms with Gasteiger partial charge in [0.15, 0.2) is 0 Å². The molecular formula is C28H44ClN3O. The van der Waals surface area contributed by atoms with Crippen LogP contribution in [0.5, 0.6) is 5.75 Å². The van der Waals surface area contributed by atoms with Crippen LogP contribution in [0.4, 0.5) is 0 Å². The highest BCUT2D eigenvalue weighted by Gasteiger charge is 2.19. The Hall–Kier alpha value is -1.94. The fraction of sp³-hybridized carbons (Fsp3) is 0.607. The summed E-state index contributed by atoms with van der Waals surface area (Å²) in [6, 6.07) is 5.63. The molecule has 0 unspecified atom stereocenters. The summed E-state index contributed by atoms with van der Waals surface area (Å²) in [5.74, 6) is 2.66. The Morgan fingerprint density at radius 2 is 1.94 bits per heavy atom. The van der Waals surface area contributed by atoms with E-state index in [9.17, 15) is 0 Å². The first-order chi connectivity index (χ1) is 15.9. The average Bonchev–Trinajstić information content (AvgIpc) is 3.11. The summed E-state index contributed by atoms with van der Waals surface area (Å²) in [5, 5.41) is 4.24. The van der Waals surface area contributed by atoms with Gasteiger partial charge < -0.3 is 14.6 Å². The second-order valence-corrected chi connectivity index (χ2v) is 9.64. The highest BCUT2D eigenvalue weighted by molar-refractivity contribution is 6.30. The predicted molar refractivity (Wildman–Crippen MR) is 143 cm³/mol. The first-order valence-corrected chi connectivity index (χ1v) is 13.1. The average molecular weight is 474 g/mol. The molecule has 1 fully saturated rings. The molecule has 1 aromatic carbocycles. The maximum absolute atomic E-state index is 6.22. The molecule has 0 atom stereocenters. The van der Waals surface area contributed by atoms with Gasteiger partial charge in [0.25, 0.3) is 0 Å². The number of unbranched alkanes of at least 4 members (excludes halogenated alkanes) is 2. The number of imidazole rings is 1. The molecule has 1 saturated carbocycles. The number of nitrogens with zero attached hydrogens (tertiary/aromatic N) is 2. The highest BCUT2D eigenvalue weighted by Crippen LogP contribution is 2.33. The molecule has 1 heterocycles. The molecule has 184 valence electrons. The van der Waals surface area contributed by atoms with E-state index in [0.29, 0.717) is 5.02 Å². The molecule has 3 rings (SSSR count). The fourth-order valence-corrected chi connectivity index (χ4v) is 4.35. The molecule has 1 aliphatic rings. The van der Waals surface area contributed by atoms with E-state index >= 15 is 0 Å². The minimum Gasteiger partial charge on any atom is -0.496 e. The molecule has 0 spiro atoms. The van der Waals surface area contributed by atoms with Crippen molar-refractivity contribution in [1.29, 1.82) is 0 Å². The second kappa shape index (κ2) is 14.3. The van der Waals surface area contributed by atoms with Crippen molar-refractivity contribution in [3.63, 3.8) is 0 Å². The Balaban J connectivity index is 0.000000468. The topological polar surface area (TPSA) is 39.1 Å². The standard InChI is InChI=1S/C21H30ClN3O.C7H14/c1-6-8-10-18(23-13-9-7-2)20-15(3)25(4)21(24-20)17-14-16(22)11-12-19(17)26-5;1-7-5-3-2-4-6-7/h10-12,14,23H,6-9,13H2,1-5H3;7H,2-6H2,1H3/b18-10-;. The van der Waals surface area contributed by atoms with Gasteiger partial charge in [0.2, 0.25) is 0 Å². The lowest BCUT2D eigenvalue weighted by atomic mass is 9.91. The molecule has 0 radical (unpaired) electrons. The third-order valence-corrected chi connectivity index (χ3v) is 6.65. The lowest BCUT2D eigenvalue weighted by Gasteiger charge is -2.15. The molecule has 4 nitrogen and oxygen atoms in total. The largest absolute Gasteiger partial charge is 0.496 e. The lowest BCUT2D eigenvalue weighted by Crippen LogP contribution is -2.15. The van der Waals surface area contributed by atoms with E-state index in [2.05, 4.69) is 43.7 Å². The van der Waals surface area contributed by atoms with E-state index in [4.69, 9.17) is 21.3 Å². The van der Waals surface area contributed by atoms with Gasteiger partial charge in [0, 0.05) is 24.3 Å². The van der Waals surface area contributed by atoms with Crippen molar-refractivity contribution in [3.8, 4) is 17.1 Å². The molecule has 1 N–H and O–H groups in total. The van der Waals surface area contributed by atoms with E-state index in [0.717, 1.165) is 65.9 Å². The first-order valence-electron chi connectivity index (χ1n) is 12.7. The van der Waals surface area contributed by atoms with E-state index in [-0.39, 0.29) is 0 Å². The van der Waals surface area contributed by atoms with Crippen LogP contribution in [0.15, 0.2) is 24.3 Å². The monoisotopic (exact) mass is 473 g/mol. The van der Waals surface area contributed by atoms with Crippen molar-refractivity contribution >= 4 is 17.3 Å². The lowest BCUT2D eigenvalue weighted by molar-refractivity contribution is 0.385. The maximum atomic E-state index is 6.22. The van der Waals surface area contributed by atoms with Gasteiger partial charge in [-0.25, -0.2) is 4.98 Å². The normalized spacial score (nSPS) is 14.6. The van der Waals surface area contributed by atoms with Crippen LogP contribution in [0.25, 0.3) is 17.1 Å². The van der Waals surface area contributed by atoms with Crippen LogP contribution in [0.1, 0.15) is 89.9 Å². The summed E-state index contributed by atoms with van der Waals surface area (Å²) in [6.45, 7) is 9.81. The number of halogens is 1. The van der Waals surface area contributed by atoms with Gasteiger partial charge in [-0.2, -0.15) is 0 Å². The molecule has 1 aromatic heterocycles. The van der Waals surface area contributed by atoms with Crippen LogP contribution < -0.4 is 10.1 Å². The number of rotatable bonds is 9. The van der Waals surface area contributed by atoms with Crippen molar-refractivity contribution in [1.82, 2.24) is 14.9 Å². The maximum Gasteiger partial charge on any atom is 0.144 e. The molecule has 5 heteroatoms. The Bertz CT molecular complexity index is 882. The summed E-state index contributed by atoms with van der Waals surface area (Å²) < 4.78 is 7.62. The molecule has 1 aliphatic carbocycles. The second-order valence-electron chi connectivity index (χ2n) is 9.20. The number of hydrogen-bond acceptors (Lipinski definition) is 3. The zero-order valence-electron chi connectivity index (χ0n) is 21.6. The van der Waals surface area contributed by atoms with Crippen molar-refractivity contribution in [2.75, 3.05) is 13.7 Å². The Kier molecular flexibility index (Phi) is 11.9. The van der Waals surface area contributed by atoms with Gasteiger partial charge in [0.1, 0.15) is 17.3 Å². The number of benzene rings is 1. The molecule has 0 saturated heterocycles. The van der Waals surface area contributed by atoms with Gasteiger partial charge in [0.05, 0.1) is 18.4 Å². The molecule has 2 aromatic rings. The molecule has 0 bridgehead atoms. The predicted octanol–water partition coefficient (Wildman–Crippen LogP) is 8.17. The van der Waals surface area contributed by atoms with Crippen molar-refractivity contribution in [3.05, 3.63) is 40.7 Å². The third-order valence-electron chi connectivity index (χ3n) is 6.42. The van der Waals surface area contributed by atoms with E-state index < -0.39 is 0 Å². The van der Waals surface area contributed by atoms with Gasteiger partial charge in [-0.1, -0.05) is 83.4 Å². The summed E-state index contributed by atoms with van der Waals surface area (Å²) in [7, 11) is 3.70. The zero-order chi connectivity index (χ0) is 24.2. The molecular weight excluding hydrogens is 430 g/mol. The minimum absolute atomic E-state index is 0.672. The van der Waals surface area contributed by atoms with E-state index in [1.165, 1.54) is 38.5 Å². The number of aromatic nitrogens is 2. The minimum atomic E-state index is 0.672. The van der Waals surface area contributed by atoms with Crippen LogP contribution in [0.3, 0.4) is 0 Å². The van der Waals surface area contributed by atoms with E-state index in [1.807, 2.05) is 25.2 Å². The number of allylic oxidation sites excluding steroid dienone is 1. The van der Waals surface area contributed by atoms with Gasteiger partial charge in [-0.15, -0.1) is 0 Å². The summed E-state index contributed by atoms with van der Waals surface area (Å²) in [5.41, 5.74) is 4.13. The van der Waals surface area contributed by atoms with Crippen LogP contribution in [-0.4, -0.2) is 23.2 Å². The number of methoxy groups -OCH3 is 1. The molecule has 0 amide bonds. The zero-order valence-corrected chi connectivity index (χ0v) is 22.4. The van der Waals surface area contributed by atoms with Crippen molar-refractivity contribution < 1.29 is 4.74 Å². The SMILES string of the molecule is CC1CCCCC1.CCC/C=C(\NCCCC)c1nc(-c2cc(Cl)ccc2OC)n(C)c1C. The number of hydrogen-bond donors (Lipinski definition) is 1. The van der Waals surface area contributed by atoms with Crippen molar-refractivity contribution in [2.45, 2.75) is 85.5 Å². The first kappa shape index (κ1) is 27.3. The summed E-state index contributed by atoms with van der Waals surface area (Å²) >= 11 is 6.22. The quantitative estimate of drug-likeness (QED) is 0.373. The Morgan fingerprint density at radius 1 is 1.21 bits per heavy atom. The van der Waals surface area contributed by atoms with Gasteiger partial charge in [-0.05, 0) is 43.9 Å². The Labute approximate surface area is 206 Å².